The zero-order valence-corrected chi connectivity index (χ0v) is 9.91. The Morgan fingerprint density at radius 3 is 2.67 bits per heavy atom. The van der Waals surface area contributed by atoms with Crippen molar-refractivity contribution in [2.75, 3.05) is 0 Å². The van der Waals surface area contributed by atoms with Gasteiger partial charge < -0.3 is 0 Å². The number of allylic oxidation sites excluding steroid dienone is 2. The van der Waals surface area contributed by atoms with Gasteiger partial charge in [0.25, 0.3) is 0 Å². The van der Waals surface area contributed by atoms with Gasteiger partial charge in [-0.05, 0) is 24.7 Å². The fourth-order valence-corrected chi connectivity index (χ4v) is 2.83. The molecule has 0 heterocycles. The van der Waals surface area contributed by atoms with Crippen molar-refractivity contribution in [1.82, 2.24) is 0 Å². The Bertz CT molecular complexity index is 218. The molecule has 0 aromatic carbocycles. The van der Waals surface area contributed by atoms with Crippen LogP contribution in [0.2, 0.25) is 0 Å². The summed E-state index contributed by atoms with van der Waals surface area (Å²) in [7, 11) is 0. The third-order valence-electron chi connectivity index (χ3n) is 3.74. The Morgan fingerprint density at radius 2 is 2.07 bits per heavy atom. The van der Waals surface area contributed by atoms with Gasteiger partial charge in [0.1, 0.15) is 0 Å². The predicted octanol–water partition coefficient (Wildman–Crippen LogP) is 4.45. The molecule has 1 heteroatoms. The van der Waals surface area contributed by atoms with E-state index in [4.69, 9.17) is 5.26 Å². The van der Waals surface area contributed by atoms with Crippen molar-refractivity contribution in [2.45, 2.75) is 58.3 Å². The molecule has 1 rings (SSSR count). The quantitative estimate of drug-likeness (QED) is 0.608. The highest BCUT2D eigenvalue weighted by Gasteiger charge is 2.21. The summed E-state index contributed by atoms with van der Waals surface area (Å²) in [6.07, 6.45) is 14.5. The van der Waals surface area contributed by atoms with Crippen molar-refractivity contribution in [3.05, 3.63) is 12.2 Å². The molecule has 1 saturated carbocycles. The first-order chi connectivity index (χ1) is 7.38. The summed E-state index contributed by atoms with van der Waals surface area (Å²) in [5.41, 5.74) is 0. The molecule has 1 unspecified atom stereocenters. The summed E-state index contributed by atoms with van der Waals surface area (Å²) in [5, 5.41) is 8.40. The maximum atomic E-state index is 8.40. The zero-order valence-electron chi connectivity index (χ0n) is 9.91. The molecule has 0 aromatic rings. The predicted molar refractivity (Wildman–Crippen MR) is 64.3 cm³/mol. The standard InChI is InChI=1S/C14H23N/c1-2-13(9-7-4-8-12-15)14-10-5-3-6-11-14/h4,8,13-14H,2-3,5-7,9-11H2,1H3/b8-4+. The molecule has 1 atom stereocenters. The first-order valence-corrected chi connectivity index (χ1v) is 6.43. The Labute approximate surface area is 94.2 Å². The third-order valence-corrected chi connectivity index (χ3v) is 3.74. The summed E-state index contributed by atoms with van der Waals surface area (Å²) in [4.78, 5) is 0. The minimum Gasteiger partial charge on any atom is -0.193 e. The van der Waals surface area contributed by atoms with Crippen LogP contribution in [0.5, 0.6) is 0 Å². The van der Waals surface area contributed by atoms with Crippen LogP contribution in [0.4, 0.5) is 0 Å². The van der Waals surface area contributed by atoms with E-state index in [-0.39, 0.29) is 0 Å². The van der Waals surface area contributed by atoms with E-state index in [0.717, 1.165) is 18.3 Å². The van der Waals surface area contributed by atoms with E-state index in [1.165, 1.54) is 44.9 Å². The van der Waals surface area contributed by atoms with Gasteiger partial charge in [-0.3, -0.25) is 0 Å². The van der Waals surface area contributed by atoms with Gasteiger partial charge in [-0.2, -0.15) is 5.26 Å². The van der Waals surface area contributed by atoms with Gasteiger partial charge >= 0.3 is 0 Å². The van der Waals surface area contributed by atoms with Gasteiger partial charge in [-0.1, -0.05) is 51.5 Å². The molecule has 0 aromatic heterocycles. The van der Waals surface area contributed by atoms with Crippen LogP contribution in [-0.2, 0) is 0 Å². The molecule has 84 valence electrons. The molecule has 0 amide bonds. The van der Waals surface area contributed by atoms with E-state index in [1.54, 1.807) is 6.08 Å². The largest absolute Gasteiger partial charge is 0.193 e. The van der Waals surface area contributed by atoms with Crippen molar-refractivity contribution in [3.63, 3.8) is 0 Å². The van der Waals surface area contributed by atoms with Crippen LogP contribution in [0, 0.1) is 23.2 Å². The first kappa shape index (κ1) is 12.3. The molecule has 1 nitrogen and oxygen atoms in total. The molecule has 15 heavy (non-hydrogen) atoms. The second kappa shape index (κ2) is 7.51. The Kier molecular flexibility index (Phi) is 6.16. The highest BCUT2D eigenvalue weighted by molar-refractivity contribution is 5.01. The van der Waals surface area contributed by atoms with Gasteiger partial charge in [0.15, 0.2) is 0 Å². The summed E-state index contributed by atoms with van der Waals surface area (Å²) >= 11 is 0. The van der Waals surface area contributed by atoms with Crippen molar-refractivity contribution in [2.24, 2.45) is 11.8 Å². The van der Waals surface area contributed by atoms with Crippen LogP contribution in [0.25, 0.3) is 0 Å². The summed E-state index contributed by atoms with van der Waals surface area (Å²) in [6, 6.07) is 2.06. The average molecular weight is 205 g/mol. The number of hydrogen-bond donors (Lipinski definition) is 0. The van der Waals surface area contributed by atoms with E-state index in [2.05, 4.69) is 13.0 Å². The second-order valence-electron chi connectivity index (χ2n) is 4.68. The molecule has 0 N–H and O–H groups in total. The summed E-state index contributed by atoms with van der Waals surface area (Å²) < 4.78 is 0. The van der Waals surface area contributed by atoms with Crippen molar-refractivity contribution in [3.8, 4) is 6.07 Å². The van der Waals surface area contributed by atoms with E-state index in [9.17, 15) is 0 Å². The zero-order chi connectivity index (χ0) is 10.9. The molecule has 0 radical (unpaired) electrons. The third kappa shape index (κ3) is 4.51. The highest BCUT2D eigenvalue weighted by Crippen LogP contribution is 2.34. The monoisotopic (exact) mass is 205 g/mol. The van der Waals surface area contributed by atoms with Crippen LogP contribution in [0.15, 0.2) is 12.2 Å². The number of hydrogen-bond acceptors (Lipinski definition) is 1. The number of nitriles is 1. The van der Waals surface area contributed by atoms with Crippen molar-refractivity contribution >= 4 is 0 Å². The van der Waals surface area contributed by atoms with Gasteiger partial charge in [0, 0.05) is 6.08 Å². The lowest BCUT2D eigenvalue weighted by molar-refractivity contribution is 0.231. The first-order valence-electron chi connectivity index (χ1n) is 6.43. The lowest BCUT2D eigenvalue weighted by Gasteiger charge is -2.29. The van der Waals surface area contributed by atoms with E-state index >= 15 is 0 Å². The lowest BCUT2D eigenvalue weighted by atomic mass is 9.77. The molecule has 0 bridgehead atoms. The summed E-state index contributed by atoms with van der Waals surface area (Å²) in [5.74, 6) is 1.87. The van der Waals surface area contributed by atoms with Crippen LogP contribution in [-0.4, -0.2) is 0 Å². The molecule has 1 aliphatic carbocycles. The Morgan fingerprint density at radius 1 is 1.33 bits per heavy atom. The van der Waals surface area contributed by atoms with Crippen molar-refractivity contribution < 1.29 is 0 Å². The van der Waals surface area contributed by atoms with Gasteiger partial charge in [0.2, 0.25) is 0 Å². The maximum Gasteiger partial charge on any atom is 0.0908 e. The maximum absolute atomic E-state index is 8.40. The van der Waals surface area contributed by atoms with Crippen LogP contribution >= 0.6 is 0 Å². The van der Waals surface area contributed by atoms with E-state index in [1.807, 2.05) is 6.08 Å². The second-order valence-corrected chi connectivity index (χ2v) is 4.68. The molecule has 0 spiro atoms. The fourth-order valence-electron chi connectivity index (χ4n) is 2.83. The van der Waals surface area contributed by atoms with Crippen molar-refractivity contribution in [1.29, 1.82) is 5.26 Å². The smallest absolute Gasteiger partial charge is 0.0908 e. The minimum absolute atomic E-state index is 0.897. The molecule has 1 fully saturated rings. The number of rotatable bonds is 5. The molecular weight excluding hydrogens is 182 g/mol. The Balaban J connectivity index is 2.27. The molecule has 0 saturated heterocycles. The molecule has 1 aliphatic rings. The van der Waals surface area contributed by atoms with E-state index in [0.29, 0.717) is 0 Å². The molecule has 0 aliphatic heterocycles. The lowest BCUT2D eigenvalue weighted by Crippen LogP contribution is -2.17. The van der Waals surface area contributed by atoms with E-state index < -0.39 is 0 Å². The van der Waals surface area contributed by atoms with Crippen LogP contribution in [0.3, 0.4) is 0 Å². The van der Waals surface area contributed by atoms with Gasteiger partial charge in [-0.25, -0.2) is 0 Å². The Hall–Kier alpha value is -0.770. The fraction of sp³-hybridized carbons (Fsp3) is 0.786. The summed E-state index contributed by atoms with van der Waals surface area (Å²) in [6.45, 7) is 2.31. The topological polar surface area (TPSA) is 23.8 Å². The average Bonchev–Trinajstić information content (AvgIpc) is 2.30. The normalized spacial score (nSPS) is 20.3. The van der Waals surface area contributed by atoms with Crippen LogP contribution in [0.1, 0.15) is 58.3 Å². The highest BCUT2D eigenvalue weighted by atomic mass is 14.3. The van der Waals surface area contributed by atoms with Crippen LogP contribution < -0.4 is 0 Å². The van der Waals surface area contributed by atoms with Gasteiger partial charge in [-0.15, -0.1) is 0 Å². The SMILES string of the molecule is CCC(CC/C=C/C#N)C1CCCCC1. The molecular formula is C14H23N. The minimum atomic E-state index is 0.897. The number of nitrogens with zero attached hydrogens (tertiary/aromatic N) is 1. The van der Waals surface area contributed by atoms with Gasteiger partial charge in [0.05, 0.1) is 6.07 Å².